The van der Waals surface area contributed by atoms with Crippen LogP contribution in [-0.4, -0.2) is 62.1 Å². The van der Waals surface area contributed by atoms with E-state index in [0.717, 1.165) is 0 Å². The highest BCUT2D eigenvalue weighted by atomic mass is 16.5. The fraction of sp³-hybridized carbons (Fsp3) is 0.750. The van der Waals surface area contributed by atoms with Gasteiger partial charge >= 0.3 is 5.97 Å². The Morgan fingerprint density at radius 1 is 1.42 bits per heavy atom. The summed E-state index contributed by atoms with van der Waals surface area (Å²) < 4.78 is 9.98. The van der Waals surface area contributed by atoms with Crippen molar-refractivity contribution in [2.24, 2.45) is 0 Å². The first-order valence-corrected chi connectivity index (χ1v) is 6.23. The van der Waals surface area contributed by atoms with Gasteiger partial charge in [-0.2, -0.15) is 0 Å². The lowest BCUT2D eigenvalue weighted by atomic mass is 10.2. The van der Waals surface area contributed by atoms with Gasteiger partial charge in [0.15, 0.2) is 0 Å². The molecular formula is C12H20N2O5. The first-order valence-electron chi connectivity index (χ1n) is 6.23. The molecule has 0 bridgehead atoms. The van der Waals surface area contributed by atoms with Crippen LogP contribution in [0.15, 0.2) is 0 Å². The third-order valence-corrected chi connectivity index (χ3v) is 2.83. The summed E-state index contributed by atoms with van der Waals surface area (Å²) >= 11 is 0. The molecule has 0 saturated carbocycles. The number of morpholine rings is 1. The van der Waals surface area contributed by atoms with Gasteiger partial charge in [0.05, 0.1) is 26.2 Å². The fourth-order valence-electron chi connectivity index (χ4n) is 1.84. The fourth-order valence-corrected chi connectivity index (χ4v) is 1.84. The lowest BCUT2D eigenvalue weighted by Crippen LogP contribution is -2.47. The number of esters is 1. The van der Waals surface area contributed by atoms with E-state index >= 15 is 0 Å². The minimum absolute atomic E-state index is 0.0492. The third-order valence-electron chi connectivity index (χ3n) is 2.83. The molecule has 108 valence electrons. The molecule has 1 N–H and O–H groups in total. The highest BCUT2D eigenvalue weighted by Crippen LogP contribution is 2.10. The Balaban J connectivity index is 2.34. The van der Waals surface area contributed by atoms with Gasteiger partial charge in [0.1, 0.15) is 0 Å². The first-order chi connectivity index (χ1) is 9.02. The van der Waals surface area contributed by atoms with Crippen LogP contribution in [0.1, 0.15) is 19.8 Å². The summed E-state index contributed by atoms with van der Waals surface area (Å²) in [6, 6.07) is 0. The molecular weight excluding hydrogens is 252 g/mol. The van der Waals surface area contributed by atoms with Crippen molar-refractivity contribution in [1.29, 1.82) is 0 Å². The Bertz CT molecular complexity index is 345. The van der Waals surface area contributed by atoms with Crippen LogP contribution in [0.5, 0.6) is 0 Å². The SMILES string of the molecule is COC(=O)CC1CN(C(=O)CCNC(C)=O)CCO1. The topological polar surface area (TPSA) is 84.9 Å². The van der Waals surface area contributed by atoms with E-state index in [1.807, 2.05) is 0 Å². The number of carbonyl (C=O) groups excluding carboxylic acids is 3. The zero-order valence-corrected chi connectivity index (χ0v) is 11.3. The van der Waals surface area contributed by atoms with Crippen LogP contribution in [0.25, 0.3) is 0 Å². The standard InChI is InChI=1S/C12H20N2O5/c1-9(15)13-4-3-11(16)14-5-6-19-10(8-14)7-12(17)18-2/h10H,3-8H2,1-2H3,(H,13,15). The maximum Gasteiger partial charge on any atom is 0.308 e. The summed E-state index contributed by atoms with van der Waals surface area (Å²) in [6.45, 7) is 3.04. The molecule has 0 aromatic carbocycles. The van der Waals surface area contributed by atoms with Gasteiger partial charge in [-0.3, -0.25) is 14.4 Å². The van der Waals surface area contributed by atoms with Gasteiger partial charge in [-0.1, -0.05) is 0 Å². The molecule has 1 saturated heterocycles. The van der Waals surface area contributed by atoms with Crippen LogP contribution >= 0.6 is 0 Å². The molecule has 1 fully saturated rings. The van der Waals surface area contributed by atoms with Crippen molar-refractivity contribution in [3.8, 4) is 0 Å². The molecule has 0 aromatic rings. The molecule has 7 nitrogen and oxygen atoms in total. The molecule has 1 rings (SSSR count). The largest absolute Gasteiger partial charge is 0.469 e. The van der Waals surface area contributed by atoms with Crippen molar-refractivity contribution in [3.63, 3.8) is 0 Å². The summed E-state index contributed by atoms with van der Waals surface area (Å²) in [5.74, 6) is -0.553. The number of hydrogen-bond donors (Lipinski definition) is 1. The van der Waals surface area contributed by atoms with Gasteiger partial charge in [0.2, 0.25) is 11.8 Å². The average Bonchev–Trinajstić information content (AvgIpc) is 2.38. The quantitative estimate of drug-likeness (QED) is 0.669. The summed E-state index contributed by atoms with van der Waals surface area (Å²) in [6.07, 6.45) is 0.0853. The van der Waals surface area contributed by atoms with Gasteiger partial charge in [-0.15, -0.1) is 0 Å². The second-order valence-corrected chi connectivity index (χ2v) is 4.35. The van der Waals surface area contributed by atoms with E-state index in [9.17, 15) is 14.4 Å². The monoisotopic (exact) mass is 272 g/mol. The highest BCUT2D eigenvalue weighted by molar-refractivity contribution is 5.78. The molecule has 0 radical (unpaired) electrons. The van der Waals surface area contributed by atoms with Gasteiger partial charge in [-0.25, -0.2) is 0 Å². The Morgan fingerprint density at radius 3 is 2.79 bits per heavy atom. The van der Waals surface area contributed by atoms with Crippen LogP contribution < -0.4 is 5.32 Å². The Kier molecular flexibility index (Phi) is 6.27. The smallest absolute Gasteiger partial charge is 0.308 e. The van der Waals surface area contributed by atoms with Crippen LogP contribution in [0.2, 0.25) is 0 Å². The Morgan fingerprint density at radius 2 is 2.16 bits per heavy atom. The number of nitrogens with zero attached hydrogens (tertiary/aromatic N) is 1. The molecule has 19 heavy (non-hydrogen) atoms. The molecule has 1 aliphatic rings. The second-order valence-electron chi connectivity index (χ2n) is 4.35. The number of nitrogens with one attached hydrogen (secondary N) is 1. The lowest BCUT2D eigenvalue weighted by Gasteiger charge is -2.32. The normalized spacial score (nSPS) is 18.8. The number of amides is 2. The van der Waals surface area contributed by atoms with Crippen molar-refractivity contribution in [1.82, 2.24) is 10.2 Å². The number of carbonyl (C=O) groups is 3. The van der Waals surface area contributed by atoms with Gasteiger partial charge in [-0.05, 0) is 0 Å². The van der Waals surface area contributed by atoms with Gasteiger partial charge in [0.25, 0.3) is 0 Å². The summed E-state index contributed by atoms with van der Waals surface area (Å²) in [5, 5.41) is 2.58. The molecule has 0 aromatic heterocycles. The van der Waals surface area contributed by atoms with Crippen LogP contribution in [0.3, 0.4) is 0 Å². The van der Waals surface area contributed by atoms with E-state index < -0.39 is 0 Å². The second kappa shape index (κ2) is 7.73. The van der Waals surface area contributed by atoms with Gasteiger partial charge < -0.3 is 19.7 Å². The molecule has 2 amide bonds. The predicted octanol–water partition coefficient (Wildman–Crippen LogP) is -0.697. The number of hydrogen-bond acceptors (Lipinski definition) is 5. The molecule has 1 atom stereocenters. The molecule has 1 heterocycles. The third kappa shape index (κ3) is 5.69. The Labute approximate surface area is 112 Å². The summed E-state index contributed by atoms with van der Waals surface area (Å²) in [7, 11) is 1.32. The molecule has 0 aliphatic carbocycles. The predicted molar refractivity (Wildman–Crippen MR) is 66.3 cm³/mol. The van der Waals surface area contributed by atoms with Crippen LogP contribution in [-0.2, 0) is 23.9 Å². The van der Waals surface area contributed by atoms with Crippen molar-refractivity contribution in [2.75, 3.05) is 33.4 Å². The van der Waals surface area contributed by atoms with E-state index in [4.69, 9.17) is 4.74 Å². The summed E-state index contributed by atoms with van der Waals surface area (Å²) in [4.78, 5) is 35.4. The zero-order chi connectivity index (χ0) is 14.3. The van der Waals surface area contributed by atoms with Crippen molar-refractivity contribution in [3.05, 3.63) is 0 Å². The van der Waals surface area contributed by atoms with E-state index in [-0.39, 0.29) is 36.7 Å². The van der Waals surface area contributed by atoms with Crippen molar-refractivity contribution >= 4 is 17.8 Å². The molecule has 1 aliphatic heterocycles. The molecule has 1 unspecified atom stereocenters. The van der Waals surface area contributed by atoms with E-state index in [0.29, 0.717) is 26.2 Å². The maximum atomic E-state index is 11.9. The Hall–Kier alpha value is -1.63. The minimum atomic E-state index is -0.349. The molecule has 0 spiro atoms. The van der Waals surface area contributed by atoms with E-state index in [1.165, 1.54) is 14.0 Å². The van der Waals surface area contributed by atoms with Crippen molar-refractivity contribution < 1.29 is 23.9 Å². The van der Waals surface area contributed by atoms with Crippen molar-refractivity contribution in [2.45, 2.75) is 25.9 Å². The zero-order valence-electron chi connectivity index (χ0n) is 11.3. The van der Waals surface area contributed by atoms with Crippen LogP contribution in [0.4, 0.5) is 0 Å². The lowest BCUT2D eigenvalue weighted by molar-refractivity contribution is -0.150. The number of rotatable bonds is 5. The van der Waals surface area contributed by atoms with E-state index in [2.05, 4.69) is 10.1 Å². The maximum absolute atomic E-state index is 11.9. The molecule has 7 heteroatoms. The van der Waals surface area contributed by atoms with Crippen LogP contribution in [0, 0.1) is 0 Å². The first kappa shape index (κ1) is 15.4. The number of ether oxygens (including phenoxy) is 2. The van der Waals surface area contributed by atoms with E-state index in [1.54, 1.807) is 4.90 Å². The summed E-state index contributed by atoms with van der Waals surface area (Å²) in [5.41, 5.74) is 0. The average molecular weight is 272 g/mol. The van der Waals surface area contributed by atoms with Gasteiger partial charge in [0, 0.05) is 33.0 Å². The minimum Gasteiger partial charge on any atom is -0.469 e. The number of methoxy groups -OCH3 is 1. The highest BCUT2D eigenvalue weighted by Gasteiger charge is 2.25.